The van der Waals surface area contributed by atoms with Gasteiger partial charge in [-0.3, -0.25) is 9.59 Å². The summed E-state index contributed by atoms with van der Waals surface area (Å²) in [4.78, 5) is 27.4. The summed E-state index contributed by atoms with van der Waals surface area (Å²) in [5, 5.41) is 2.96. The van der Waals surface area contributed by atoms with Crippen molar-refractivity contribution >= 4 is 21.8 Å². The molecule has 0 spiro atoms. The lowest BCUT2D eigenvalue weighted by atomic mass is 9.92. The molecule has 0 radical (unpaired) electrons. The van der Waals surface area contributed by atoms with Crippen LogP contribution in [0.4, 0.5) is 0 Å². The van der Waals surface area contributed by atoms with Gasteiger partial charge in [0.2, 0.25) is 15.9 Å². The number of carbonyl (C=O) groups excluding carboxylic acids is 2. The first kappa shape index (κ1) is 24.3. The molecule has 1 N–H and O–H groups in total. The van der Waals surface area contributed by atoms with Gasteiger partial charge in [-0.25, -0.2) is 8.42 Å². The van der Waals surface area contributed by atoms with E-state index in [1.54, 1.807) is 24.1 Å². The molecule has 2 atom stereocenters. The van der Waals surface area contributed by atoms with Gasteiger partial charge in [0.25, 0.3) is 5.91 Å². The van der Waals surface area contributed by atoms with Gasteiger partial charge in [0, 0.05) is 37.8 Å². The average molecular weight is 438 g/mol. The molecule has 168 valence electrons. The van der Waals surface area contributed by atoms with E-state index in [-0.39, 0.29) is 34.7 Å². The highest BCUT2D eigenvalue weighted by molar-refractivity contribution is 7.89. The molecule has 1 saturated heterocycles. The minimum absolute atomic E-state index is 0.00585. The summed E-state index contributed by atoms with van der Waals surface area (Å²) in [7, 11) is -2.05. The van der Waals surface area contributed by atoms with Gasteiger partial charge in [0.05, 0.1) is 10.8 Å². The van der Waals surface area contributed by atoms with E-state index < -0.39 is 10.0 Å². The Labute approximate surface area is 180 Å². The molecular weight excluding hydrogens is 402 g/mol. The van der Waals surface area contributed by atoms with E-state index in [0.717, 1.165) is 25.7 Å². The molecule has 30 heavy (non-hydrogen) atoms. The molecule has 1 aromatic rings. The van der Waals surface area contributed by atoms with Crippen LogP contribution in [0, 0.1) is 5.92 Å². The van der Waals surface area contributed by atoms with Crippen LogP contribution < -0.4 is 5.32 Å². The summed E-state index contributed by atoms with van der Waals surface area (Å²) in [6.07, 6.45) is 3.49. The number of hydrogen-bond acceptors (Lipinski definition) is 4. The summed E-state index contributed by atoms with van der Waals surface area (Å²) >= 11 is 0. The molecule has 0 aliphatic carbocycles. The van der Waals surface area contributed by atoms with Crippen molar-refractivity contribution in [2.45, 2.75) is 70.4 Å². The monoisotopic (exact) mass is 437 g/mol. The molecule has 2 unspecified atom stereocenters. The van der Waals surface area contributed by atoms with Crippen molar-refractivity contribution < 1.29 is 18.0 Å². The second kappa shape index (κ2) is 10.4. The number of sulfonamides is 1. The number of benzene rings is 1. The molecular formula is C22H35N3O4S. The quantitative estimate of drug-likeness (QED) is 0.634. The third-order valence-corrected chi connectivity index (χ3v) is 7.90. The summed E-state index contributed by atoms with van der Waals surface area (Å²) in [6.45, 7) is 8.72. The molecule has 1 fully saturated rings. The van der Waals surface area contributed by atoms with E-state index in [1.807, 2.05) is 20.8 Å². The predicted octanol–water partition coefficient (Wildman–Crippen LogP) is 2.87. The third kappa shape index (κ3) is 5.60. The average Bonchev–Trinajstić information content (AvgIpc) is 2.73. The van der Waals surface area contributed by atoms with E-state index >= 15 is 0 Å². The number of carbonyl (C=O) groups is 2. The highest BCUT2D eigenvalue weighted by Gasteiger charge is 2.33. The Hall–Kier alpha value is -1.93. The van der Waals surface area contributed by atoms with Gasteiger partial charge in [0.15, 0.2) is 0 Å². The van der Waals surface area contributed by atoms with Crippen molar-refractivity contribution in [1.82, 2.24) is 14.5 Å². The number of likely N-dealkylation sites (tertiary alicyclic amines) is 1. The summed E-state index contributed by atoms with van der Waals surface area (Å²) in [5.41, 5.74) is 0.431. The SMILES string of the molecule is CCCCNC(=O)C1CCC(C)N(C(=O)c2ccc(S(=O)(=O)N(C)C(C)C)cc2)C1. The Morgan fingerprint density at radius 2 is 1.83 bits per heavy atom. The zero-order valence-electron chi connectivity index (χ0n) is 18.7. The summed E-state index contributed by atoms with van der Waals surface area (Å²) in [6, 6.07) is 5.94. The summed E-state index contributed by atoms with van der Waals surface area (Å²) < 4.78 is 26.5. The lowest BCUT2D eigenvalue weighted by Gasteiger charge is -2.37. The normalized spacial score (nSPS) is 19.9. The maximum atomic E-state index is 13.1. The highest BCUT2D eigenvalue weighted by Crippen LogP contribution is 2.25. The van der Waals surface area contributed by atoms with Gasteiger partial charge >= 0.3 is 0 Å². The molecule has 1 aliphatic rings. The van der Waals surface area contributed by atoms with Gasteiger partial charge in [-0.1, -0.05) is 13.3 Å². The zero-order valence-corrected chi connectivity index (χ0v) is 19.5. The Bertz CT molecular complexity index is 836. The van der Waals surface area contributed by atoms with Crippen LogP contribution in [0.15, 0.2) is 29.2 Å². The van der Waals surface area contributed by atoms with E-state index in [2.05, 4.69) is 12.2 Å². The number of hydrogen-bond donors (Lipinski definition) is 1. The van der Waals surface area contributed by atoms with Crippen LogP contribution in [0.25, 0.3) is 0 Å². The molecule has 1 aromatic carbocycles. The van der Waals surface area contributed by atoms with Gasteiger partial charge in [-0.15, -0.1) is 0 Å². The van der Waals surface area contributed by atoms with Crippen molar-refractivity contribution in [2.75, 3.05) is 20.1 Å². The minimum Gasteiger partial charge on any atom is -0.356 e. The van der Waals surface area contributed by atoms with E-state index in [4.69, 9.17) is 0 Å². The Balaban J connectivity index is 2.12. The lowest BCUT2D eigenvalue weighted by Crippen LogP contribution is -2.49. The fraction of sp³-hybridized carbons (Fsp3) is 0.636. The van der Waals surface area contributed by atoms with Crippen molar-refractivity contribution in [3.8, 4) is 0 Å². The molecule has 1 heterocycles. The van der Waals surface area contributed by atoms with Crippen molar-refractivity contribution in [3.05, 3.63) is 29.8 Å². The molecule has 0 saturated carbocycles. The minimum atomic E-state index is -3.59. The van der Waals surface area contributed by atoms with Gasteiger partial charge < -0.3 is 10.2 Å². The number of piperidine rings is 1. The molecule has 2 rings (SSSR count). The molecule has 0 bridgehead atoms. The first-order valence-corrected chi connectivity index (χ1v) is 12.2. The van der Waals surface area contributed by atoms with Gasteiger partial charge in [-0.05, 0) is 64.3 Å². The number of unbranched alkanes of at least 4 members (excludes halogenated alkanes) is 1. The van der Waals surface area contributed by atoms with Crippen LogP contribution in [0.1, 0.15) is 63.7 Å². The second-order valence-corrected chi connectivity index (χ2v) is 10.4. The smallest absolute Gasteiger partial charge is 0.254 e. The Morgan fingerprint density at radius 1 is 1.20 bits per heavy atom. The van der Waals surface area contributed by atoms with E-state index in [9.17, 15) is 18.0 Å². The number of nitrogens with one attached hydrogen (secondary N) is 1. The van der Waals surface area contributed by atoms with Gasteiger partial charge in [0.1, 0.15) is 0 Å². The van der Waals surface area contributed by atoms with Crippen LogP contribution in [0.2, 0.25) is 0 Å². The zero-order chi connectivity index (χ0) is 22.5. The van der Waals surface area contributed by atoms with Crippen LogP contribution in [-0.4, -0.2) is 61.7 Å². The molecule has 1 aliphatic heterocycles. The number of nitrogens with zero attached hydrogens (tertiary/aromatic N) is 2. The van der Waals surface area contributed by atoms with E-state index in [0.29, 0.717) is 18.7 Å². The first-order chi connectivity index (χ1) is 14.1. The first-order valence-electron chi connectivity index (χ1n) is 10.8. The van der Waals surface area contributed by atoms with Crippen LogP contribution >= 0.6 is 0 Å². The predicted molar refractivity (Wildman–Crippen MR) is 118 cm³/mol. The lowest BCUT2D eigenvalue weighted by molar-refractivity contribution is -0.126. The van der Waals surface area contributed by atoms with E-state index in [1.165, 1.54) is 16.4 Å². The second-order valence-electron chi connectivity index (χ2n) is 8.36. The number of rotatable bonds is 8. The molecule has 8 heteroatoms. The fourth-order valence-corrected chi connectivity index (χ4v) is 4.88. The maximum Gasteiger partial charge on any atom is 0.254 e. The van der Waals surface area contributed by atoms with Crippen LogP contribution in [0.3, 0.4) is 0 Å². The molecule has 7 nitrogen and oxygen atoms in total. The highest BCUT2D eigenvalue weighted by atomic mass is 32.2. The standard InChI is InChI=1S/C22H35N3O4S/c1-6-7-14-23-21(26)19-9-8-17(4)25(15-19)22(27)18-10-12-20(13-11-18)30(28,29)24(5)16(2)3/h10-13,16-17,19H,6-9,14-15H2,1-5H3,(H,23,26). The maximum absolute atomic E-state index is 13.1. The molecule has 0 aromatic heterocycles. The van der Waals surface area contributed by atoms with Crippen LogP contribution in [-0.2, 0) is 14.8 Å². The van der Waals surface area contributed by atoms with Crippen molar-refractivity contribution in [1.29, 1.82) is 0 Å². The Morgan fingerprint density at radius 3 is 2.40 bits per heavy atom. The third-order valence-electron chi connectivity index (χ3n) is 5.85. The topological polar surface area (TPSA) is 86.8 Å². The van der Waals surface area contributed by atoms with Crippen LogP contribution in [0.5, 0.6) is 0 Å². The van der Waals surface area contributed by atoms with Crippen molar-refractivity contribution in [3.63, 3.8) is 0 Å². The summed E-state index contributed by atoms with van der Waals surface area (Å²) in [5.74, 6) is -0.373. The largest absolute Gasteiger partial charge is 0.356 e. The van der Waals surface area contributed by atoms with Crippen molar-refractivity contribution in [2.24, 2.45) is 5.92 Å². The number of amides is 2. The fourth-order valence-electron chi connectivity index (χ4n) is 3.52. The molecule has 2 amide bonds. The van der Waals surface area contributed by atoms with Gasteiger partial charge in [-0.2, -0.15) is 4.31 Å². The Kier molecular flexibility index (Phi) is 8.43.